The molecule has 1 fully saturated rings. The lowest BCUT2D eigenvalue weighted by molar-refractivity contribution is 0.286. The fourth-order valence-corrected chi connectivity index (χ4v) is 5.51. The molecule has 1 aliphatic carbocycles. The van der Waals surface area contributed by atoms with Gasteiger partial charge in [0.05, 0.1) is 17.4 Å². The number of imidazole rings is 1. The van der Waals surface area contributed by atoms with Crippen LogP contribution < -0.4 is 10.0 Å². The second-order valence-electron chi connectivity index (χ2n) is 9.51. The van der Waals surface area contributed by atoms with Gasteiger partial charge in [0.15, 0.2) is 0 Å². The number of rotatable bonds is 9. The van der Waals surface area contributed by atoms with E-state index in [1.165, 1.54) is 11.6 Å². The number of nitrogens with one attached hydrogen (secondary N) is 3. The van der Waals surface area contributed by atoms with E-state index in [2.05, 4.69) is 41.9 Å². The van der Waals surface area contributed by atoms with Crippen LogP contribution in [-0.2, 0) is 11.3 Å². The van der Waals surface area contributed by atoms with E-state index >= 15 is 0 Å². The maximum atomic E-state index is 13.9. The summed E-state index contributed by atoms with van der Waals surface area (Å²) < 4.78 is 35.6. The Morgan fingerprint density at radius 1 is 1.08 bits per heavy atom. The zero-order valence-electron chi connectivity index (χ0n) is 20.5. The van der Waals surface area contributed by atoms with Crippen LogP contribution >= 0.6 is 0 Å². The third kappa shape index (κ3) is 6.00. The molecular formula is C26H30FN7O2S. The van der Waals surface area contributed by atoms with Gasteiger partial charge in [0.2, 0.25) is 17.2 Å². The maximum Gasteiger partial charge on any atom is 0.231 e. The minimum Gasteiger partial charge on any atom is -0.353 e. The summed E-state index contributed by atoms with van der Waals surface area (Å²) in [5, 5.41) is 3.92. The Morgan fingerprint density at radius 2 is 1.86 bits per heavy atom. The van der Waals surface area contributed by atoms with Crippen LogP contribution in [0, 0.1) is 11.7 Å². The lowest BCUT2D eigenvalue weighted by Crippen LogP contribution is -2.24. The zero-order valence-corrected chi connectivity index (χ0v) is 21.3. The van der Waals surface area contributed by atoms with Gasteiger partial charge in [0.25, 0.3) is 0 Å². The normalized spacial score (nSPS) is 19.5. The van der Waals surface area contributed by atoms with Crippen LogP contribution in [0.2, 0.25) is 0 Å². The lowest BCUT2D eigenvalue weighted by Gasteiger charge is -2.32. The molecule has 11 heteroatoms. The Balaban J connectivity index is 1.19. The van der Waals surface area contributed by atoms with E-state index in [0.29, 0.717) is 30.9 Å². The highest BCUT2D eigenvalue weighted by molar-refractivity contribution is 7.77. The predicted molar refractivity (Wildman–Crippen MR) is 142 cm³/mol. The first kappa shape index (κ1) is 25.4. The zero-order chi connectivity index (χ0) is 25.8. The highest BCUT2D eigenvalue weighted by atomic mass is 32.2. The van der Waals surface area contributed by atoms with E-state index in [1.807, 2.05) is 18.5 Å². The SMILES string of the molecule is CC(c1ncc(-c2cnc(NCCNS(=O)O)nc2)[nH]1)C1CCC(c2ccnc3ccc(F)cc23)CC1. The van der Waals surface area contributed by atoms with E-state index < -0.39 is 11.3 Å². The summed E-state index contributed by atoms with van der Waals surface area (Å²) in [4.78, 5) is 21.1. The van der Waals surface area contributed by atoms with Gasteiger partial charge in [-0.25, -0.2) is 28.3 Å². The molecule has 0 aliphatic heterocycles. The van der Waals surface area contributed by atoms with Crippen molar-refractivity contribution in [1.29, 1.82) is 0 Å². The van der Waals surface area contributed by atoms with Gasteiger partial charge in [0, 0.05) is 48.5 Å². The van der Waals surface area contributed by atoms with Crippen molar-refractivity contribution in [2.45, 2.75) is 44.4 Å². The molecule has 3 heterocycles. The number of aromatic nitrogens is 5. The van der Waals surface area contributed by atoms with Crippen molar-refractivity contribution in [1.82, 2.24) is 29.6 Å². The number of hydrogen-bond donors (Lipinski definition) is 4. The molecule has 194 valence electrons. The molecule has 4 aromatic rings. The van der Waals surface area contributed by atoms with Gasteiger partial charge >= 0.3 is 0 Å². The highest BCUT2D eigenvalue weighted by Gasteiger charge is 2.29. The van der Waals surface area contributed by atoms with Crippen LogP contribution in [-0.4, -0.2) is 46.8 Å². The number of benzene rings is 1. The average Bonchev–Trinajstić information content (AvgIpc) is 3.41. The fourth-order valence-electron chi connectivity index (χ4n) is 5.23. The summed E-state index contributed by atoms with van der Waals surface area (Å²) in [7, 11) is 0. The van der Waals surface area contributed by atoms with Crippen molar-refractivity contribution in [3.8, 4) is 11.3 Å². The first-order valence-electron chi connectivity index (χ1n) is 12.5. The van der Waals surface area contributed by atoms with Crippen LogP contribution in [0.15, 0.2) is 49.1 Å². The number of hydrogen-bond acceptors (Lipinski definition) is 6. The fraction of sp³-hybridized carbons (Fsp3) is 0.385. The first-order valence-corrected chi connectivity index (χ1v) is 13.6. The quantitative estimate of drug-likeness (QED) is 0.184. The topological polar surface area (TPSA) is 129 Å². The van der Waals surface area contributed by atoms with Crippen LogP contribution in [0.25, 0.3) is 22.2 Å². The minimum atomic E-state index is -2.03. The van der Waals surface area contributed by atoms with Crippen molar-refractivity contribution >= 4 is 28.1 Å². The van der Waals surface area contributed by atoms with Crippen molar-refractivity contribution in [3.63, 3.8) is 0 Å². The largest absolute Gasteiger partial charge is 0.353 e. The Labute approximate surface area is 217 Å². The van der Waals surface area contributed by atoms with Gasteiger partial charge in [0.1, 0.15) is 11.6 Å². The van der Waals surface area contributed by atoms with Gasteiger partial charge in [-0.05, 0) is 67.3 Å². The number of pyridine rings is 1. The summed E-state index contributed by atoms with van der Waals surface area (Å²) in [5.74, 6) is 2.40. The molecule has 1 saturated carbocycles. The first-order chi connectivity index (χ1) is 18.0. The summed E-state index contributed by atoms with van der Waals surface area (Å²) in [6.07, 6.45) is 11.4. The molecule has 0 bridgehead atoms. The van der Waals surface area contributed by atoms with E-state index in [4.69, 9.17) is 4.55 Å². The summed E-state index contributed by atoms with van der Waals surface area (Å²) in [5.41, 5.74) is 3.76. The van der Waals surface area contributed by atoms with E-state index in [0.717, 1.165) is 53.7 Å². The third-order valence-electron chi connectivity index (χ3n) is 7.28. The second kappa shape index (κ2) is 11.4. The third-order valence-corrected chi connectivity index (χ3v) is 7.73. The molecule has 1 aliphatic rings. The summed E-state index contributed by atoms with van der Waals surface area (Å²) in [6.45, 7) is 2.96. The Hall–Kier alpha value is -3.28. The number of fused-ring (bicyclic) bond motifs is 1. The van der Waals surface area contributed by atoms with Crippen molar-refractivity contribution in [2.75, 3.05) is 18.4 Å². The second-order valence-corrected chi connectivity index (χ2v) is 10.3. The number of aromatic amines is 1. The molecule has 5 rings (SSSR count). The highest BCUT2D eigenvalue weighted by Crippen LogP contribution is 2.42. The molecule has 0 radical (unpaired) electrons. The molecular weight excluding hydrogens is 493 g/mol. The number of H-pyrrole nitrogens is 1. The monoisotopic (exact) mass is 523 g/mol. The van der Waals surface area contributed by atoms with Gasteiger partial charge < -0.3 is 10.3 Å². The maximum absolute atomic E-state index is 13.9. The molecule has 37 heavy (non-hydrogen) atoms. The standard InChI is InChI=1S/C26H30FN7O2S/c1-16(17-2-4-18(5-3-17)21-8-9-28-23-7-6-20(27)12-22(21)23)25-30-15-24(34-25)19-13-31-26(32-14-19)29-10-11-33-37(35)36/h6-9,12-18,33H,2-5,10-11H2,1H3,(H,30,34)(H,35,36)(H,29,31,32). The van der Waals surface area contributed by atoms with Crippen LogP contribution in [0.4, 0.5) is 10.3 Å². The van der Waals surface area contributed by atoms with Gasteiger partial charge in [-0.15, -0.1) is 0 Å². The Morgan fingerprint density at radius 3 is 2.62 bits per heavy atom. The number of anilines is 1. The molecule has 3 aromatic heterocycles. The summed E-state index contributed by atoms with van der Waals surface area (Å²) in [6, 6.07) is 6.88. The van der Waals surface area contributed by atoms with Gasteiger partial charge in [-0.2, -0.15) is 0 Å². The Bertz CT molecular complexity index is 1370. The molecule has 0 amide bonds. The van der Waals surface area contributed by atoms with Crippen molar-refractivity contribution in [2.24, 2.45) is 5.92 Å². The number of nitrogens with zero attached hydrogens (tertiary/aromatic N) is 4. The minimum absolute atomic E-state index is 0.219. The number of halogens is 1. The average molecular weight is 524 g/mol. The van der Waals surface area contributed by atoms with E-state index in [1.54, 1.807) is 24.5 Å². The molecule has 2 unspecified atom stereocenters. The summed E-state index contributed by atoms with van der Waals surface area (Å²) >= 11 is -2.03. The Kier molecular flexibility index (Phi) is 7.82. The molecule has 4 N–H and O–H groups in total. The van der Waals surface area contributed by atoms with E-state index in [9.17, 15) is 8.60 Å². The predicted octanol–water partition coefficient (Wildman–Crippen LogP) is 4.77. The van der Waals surface area contributed by atoms with E-state index in [-0.39, 0.29) is 11.7 Å². The molecule has 9 nitrogen and oxygen atoms in total. The van der Waals surface area contributed by atoms with Gasteiger partial charge in [-0.3, -0.25) is 9.54 Å². The lowest BCUT2D eigenvalue weighted by atomic mass is 9.73. The molecule has 0 saturated heterocycles. The molecule has 1 aromatic carbocycles. The molecule has 0 spiro atoms. The van der Waals surface area contributed by atoms with Crippen LogP contribution in [0.3, 0.4) is 0 Å². The van der Waals surface area contributed by atoms with Crippen LogP contribution in [0.1, 0.15) is 55.8 Å². The van der Waals surface area contributed by atoms with Gasteiger partial charge in [-0.1, -0.05) is 6.92 Å². The van der Waals surface area contributed by atoms with Crippen LogP contribution in [0.5, 0.6) is 0 Å². The van der Waals surface area contributed by atoms with Crippen molar-refractivity contribution in [3.05, 3.63) is 66.3 Å². The smallest absolute Gasteiger partial charge is 0.231 e. The van der Waals surface area contributed by atoms with Crippen molar-refractivity contribution < 1.29 is 13.2 Å². The molecule has 2 atom stereocenters.